The smallest absolute Gasteiger partial charge is 0.250 e. The maximum atomic E-state index is 12.0. The second-order valence-electron chi connectivity index (χ2n) is 6.31. The molecule has 0 amide bonds. The molecule has 2 N–H and O–H groups in total. The van der Waals surface area contributed by atoms with Crippen molar-refractivity contribution in [2.75, 3.05) is 23.4 Å². The highest BCUT2D eigenvalue weighted by molar-refractivity contribution is 5.79. The van der Waals surface area contributed by atoms with Crippen LogP contribution in [0.4, 0.5) is 11.4 Å². The van der Waals surface area contributed by atoms with Crippen molar-refractivity contribution in [1.29, 1.82) is 0 Å². The largest absolute Gasteiger partial charge is 0.371 e. The van der Waals surface area contributed by atoms with E-state index in [4.69, 9.17) is 0 Å². The van der Waals surface area contributed by atoms with E-state index in [-0.39, 0.29) is 5.56 Å². The zero-order valence-corrected chi connectivity index (χ0v) is 15.6. The van der Waals surface area contributed by atoms with Crippen LogP contribution < -0.4 is 15.9 Å². The molecular weight excluding hydrogens is 312 g/mol. The zero-order valence-electron chi connectivity index (χ0n) is 15.6. The second-order valence-corrected chi connectivity index (χ2v) is 6.31. The first-order valence-electron chi connectivity index (χ1n) is 8.89. The first-order chi connectivity index (χ1) is 12.0. The number of aromatic amines is 1. The van der Waals surface area contributed by atoms with Crippen molar-refractivity contribution in [3.8, 4) is 0 Å². The fourth-order valence-corrected chi connectivity index (χ4v) is 2.70. The Bertz CT molecular complexity index is 774. The fraction of sp³-hybridized carbons (Fsp3) is 0.400. The summed E-state index contributed by atoms with van der Waals surface area (Å²) < 4.78 is 0. The molecule has 0 saturated heterocycles. The van der Waals surface area contributed by atoms with Gasteiger partial charge in [-0.1, -0.05) is 19.9 Å². The van der Waals surface area contributed by atoms with Gasteiger partial charge in [-0.3, -0.25) is 10.2 Å². The maximum absolute atomic E-state index is 12.0. The summed E-state index contributed by atoms with van der Waals surface area (Å²) in [4.78, 5) is 17.0. The highest BCUT2D eigenvalue weighted by Gasteiger charge is 2.06. The molecule has 0 aliphatic carbocycles. The molecule has 0 spiro atoms. The average molecular weight is 340 g/mol. The van der Waals surface area contributed by atoms with Gasteiger partial charge in [-0.25, -0.2) is 0 Å². The predicted octanol–water partition coefficient (Wildman–Crippen LogP) is 4.06. The van der Waals surface area contributed by atoms with Crippen LogP contribution in [0.25, 0.3) is 0 Å². The summed E-state index contributed by atoms with van der Waals surface area (Å²) in [6.07, 6.45) is 3.74. The van der Waals surface area contributed by atoms with Crippen LogP contribution >= 0.6 is 0 Å². The number of aryl methyl sites for hydroxylation is 2. The Morgan fingerprint density at radius 1 is 1.08 bits per heavy atom. The van der Waals surface area contributed by atoms with E-state index >= 15 is 0 Å². The number of rotatable bonds is 8. The number of hydrogen-bond acceptors (Lipinski definition) is 4. The average Bonchev–Trinajstić information content (AvgIpc) is 2.57. The van der Waals surface area contributed by atoms with Gasteiger partial charge in [-0.15, -0.1) is 0 Å². The maximum Gasteiger partial charge on any atom is 0.250 e. The van der Waals surface area contributed by atoms with Crippen molar-refractivity contribution in [2.45, 2.75) is 40.5 Å². The van der Waals surface area contributed by atoms with Crippen molar-refractivity contribution in [1.82, 2.24) is 4.98 Å². The lowest BCUT2D eigenvalue weighted by atomic mass is 10.1. The lowest BCUT2D eigenvalue weighted by molar-refractivity contribution is 0.743. The van der Waals surface area contributed by atoms with E-state index in [0.717, 1.165) is 37.3 Å². The summed E-state index contributed by atoms with van der Waals surface area (Å²) in [6.45, 7) is 10.3. The molecule has 2 rings (SSSR count). The molecule has 0 unspecified atom stereocenters. The second kappa shape index (κ2) is 9.06. The van der Waals surface area contributed by atoms with E-state index in [0.29, 0.717) is 5.69 Å². The number of aromatic nitrogens is 1. The number of H-pyrrole nitrogens is 1. The van der Waals surface area contributed by atoms with Crippen LogP contribution in [-0.2, 0) is 0 Å². The van der Waals surface area contributed by atoms with Crippen molar-refractivity contribution in [2.24, 2.45) is 5.10 Å². The number of anilines is 2. The highest BCUT2D eigenvalue weighted by atomic mass is 16.1. The van der Waals surface area contributed by atoms with Crippen molar-refractivity contribution >= 4 is 17.6 Å². The summed E-state index contributed by atoms with van der Waals surface area (Å²) in [5.74, 6) is 0. The van der Waals surface area contributed by atoms with Gasteiger partial charge in [0, 0.05) is 24.8 Å². The van der Waals surface area contributed by atoms with Gasteiger partial charge in [0.2, 0.25) is 5.56 Å². The van der Waals surface area contributed by atoms with E-state index in [1.807, 2.05) is 12.1 Å². The third-order valence-electron chi connectivity index (χ3n) is 4.11. The number of pyridine rings is 1. The highest BCUT2D eigenvalue weighted by Crippen LogP contribution is 2.15. The standard InChI is InChI=1S/C20H28N4O/c1-5-9-24(10-6-2)19-12-18(22-20(25)13-19)14-21-23-17-8-7-15(3)16(4)11-17/h7-8,11-14,23H,5-6,9-10H2,1-4H3,(H,22,25)/b21-14+. The Morgan fingerprint density at radius 2 is 1.80 bits per heavy atom. The van der Waals surface area contributed by atoms with Crippen molar-refractivity contribution < 1.29 is 0 Å². The SMILES string of the molecule is CCCN(CCC)c1cc(/C=N/Nc2ccc(C)c(C)c2)[nH]c(=O)c1. The summed E-state index contributed by atoms with van der Waals surface area (Å²) in [5, 5.41) is 4.25. The van der Waals surface area contributed by atoms with Crippen LogP contribution in [0.3, 0.4) is 0 Å². The molecule has 0 aliphatic rings. The van der Waals surface area contributed by atoms with Crippen LogP contribution in [0.5, 0.6) is 0 Å². The summed E-state index contributed by atoms with van der Waals surface area (Å²) in [7, 11) is 0. The third-order valence-corrected chi connectivity index (χ3v) is 4.11. The van der Waals surface area contributed by atoms with Gasteiger partial charge in [0.05, 0.1) is 17.6 Å². The summed E-state index contributed by atoms with van der Waals surface area (Å²) >= 11 is 0. The summed E-state index contributed by atoms with van der Waals surface area (Å²) in [6, 6.07) is 9.72. The number of nitrogens with one attached hydrogen (secondary N) is 2. The molecule has 0 aliphatic heterocycles. The number of hydrogen-bond donors (Lipinski definition) is 2. The normalized spacial score (nSPS) is 11.0. The molecular formula is C20H28N4O. The van der Waals surface area contributed by atoms with Crippen LogP contribution in [0.1, 0.15) is 43.5 Å². The van der Waals surface area contributed by atoms with Gasteiger partial charge in [0.1, 0.15) is 0 Å². The van der Waals surface area contributed by atoms with E-state index in [2.05, 4.69) is 60.2 Å². The molecule has 2 aromatic rings. The van der Waals surface area contributed by atoms with E-state index in [1.165, 1.54) is 11.1 Å². The Morgan fingerprint density at radius 3 is 2.44 bits per heavy atom. The van der Waals surface area contributed by atoms with Crippen molar-refractivity contribution in [3.63, 3.8) is 0 Å². The summed E-state index contributed by atoms with van der Waals surface area (Å²) in [5.41, 5.74) is 7.93. The minimum Gasteiger partial charge on any atom is -0.371 e. The molecule has 0 saturated carbocycles. The molecule has 0 radical (unpaired) electrons. The number of nitrogens with zero attached hydrogens (tertiary/aromatic N) is 2. The van der Waals surface area contributed by atoms with Crippen molar-refractivity contribution in [3.05, 3.63) is 57.5 Å². The Balaban J connectivity index is 2.15. The molecule has 0 atom stereocenters. The van der Waals surface area contributed by atoms with Gasteiger partial charge in [-0.05, 0) is 56.0 Å². The first-order valence-corrected chi connectivity index (χ1v) is 8.89. The van der Waals surface area contributed by atoms with Crippen LogP contribution in [0, 0.1) is 13.8 Å². The molecule has 1 aromatic heterocycles. The predicted molar refractivity (Wildman–Crippen MR) is 107 cm³/mol. The Hall–Kier alpha value is -2.56. The topological polar surface area (TPSA) is 60.5 Å². The van der Waals surface area contributed by atoms with Gasteiger partial charge in [-0.2, -0.15) is 5.10 Å². The number of hydrazone groups is 1. The van der Waals surface area contributed by atoms with Gasteiger partial charge in [0.15, 0.2) is 0 Å². The minimum atomic E-state index is -0.109. The Labute approximate surface area is 149 Å². The van der Waals surface area contributed by atoms with Gasteiger partial charge < -0.3 is 9.88 Å². The molecule has 1 heterocycles. The van der Waals surface area contributed by atoms with Gasteiger partial charge >= 0.3 is 0 Å². The van der Waals surface area contributed by atoms with Gasteiger partial charge in [0.25, 0.3) is 0 Å². The number of benzene rings is 1. The molecule has 0 fully saturated rings. The third kappa shape index (κ3) is 5.48. The Kier molecular flexibility index (Phi) is 6.81. The fourth-order valence-electron chi connectivity index (χ4n) is 2.70. The molecule has 5 heteroatoms. The molecule has 25 heavy (non-hydrogen) atoms. The quantitative estimate of drug-likeness (QED) is 0.563. The first kappa shape index (κ1) is 18.8. The molecule has 1 aromatic carbocycles. The van der Waals surface area contributed by atoms with E-state index in [1.54, 1.807) is 12.3 Å². The molecule has 0 bridgehead atoms. The molecule has 134 valence electrons. The van der Waals surface area contributed by atoms with E-state index in [9.17, 15) is 4.79 Å². The zero-order chi connectivity index (χ0) is 18.2. The molecule has 5 nitrogen and oxygen atoms in total. The van der Waals surface area contributed by atoms with E-state index < -0.39 is 0 Å². The van der Waals surface area contributed by atoms with Crippen LogP contribution in [0.15, 0.2) is 40.2 Å². The van der Waals surface area contributed by atoms with Crippen LogP contribution in [-0.4, -0.2) is 24.3 Å². The minimum absolute atomic E-state index is 0.109. The van der Waals surface area contributed by atoms with Crippen LogP contribution in [0.2, 0.25) is 0 Å². The lowest BCUT2D eigenvalue weighted by Crippen LogP contribution is -2.26. The lowest BCUT2D eigenvalue weighted by Gasteiger charge is -2.23. The monoisotopic (exact) mass is 340 g/mol.